The highest BCUT2D eigenvalue weighted by atomic mass is 16.4. The lowest BCUT2D eigenvalue weighted by Crippen LogP contribution is -2.06. The van der Waals surface area contributed by atoms with Crippen molar-refractivity contribution in [1.29, 1.82) is 5.26 Å². The quantitative estimate of drug-likeness (QED) is 0.566. The maximum absolute atomic E-state index is 10.7. The zero-order valence-corrected chi connectivity index (χ0v) is 16.4. The summed E-state index contributed by atoms with van der Waals surface area (Å²) in [5.74, 6) is -0.738. The lowest BCUT2D eigenvalue weighted by atomic mass is 9.94. The Morgan fingerprint density at radius 1 is 1.14 bits per heavy atom. The summed E-state index contributed by atoms with van der Waals surface area (Å²) in [5.41, 5.74) is 7.33. The van der Waals surface area contributed by atoms with Gasteiger partial charge in [0, 0.05) is 17.7 Å². The molecule has 0 saturated carbocycles. The largest absolute Gasteiger partial charge is 0.481 e. The molecule has 0 unspecified atom stereocenters. The number of aromatic nitrogens is 2. The number of hydrogen-bond donors (Lipinski definition) is 1. The number of nitrogens with zero attached hydrogens (tertiary/aromatic N) is 3. The molecule has 0 fully saturated rings. The highest BCUT2D eigenvalue weighted by Crippen LogP contribution is 2.32. The van der Waals surface area contributed by atoms with Gasteiger partial charge in [-0.1, -0.05) is 25.5 Å². The zero-order chi connectivity index (χ0) is 20.1. The van der Waals surface area contributed by atoms with Crippen molar-refractivity contribution in [2.45, 2.75) is 52.4 Å². The maximum atomic E-state index is 10.7. The molecule has 2 heterocycles. The van der Waals surface area contributed by atoms with Crippen molar-refractivity contribution in [2.24, 2.45) is 0 Å². The molecule has 5 nitrogen and oxygen atoms in total. The molecule has 144 valence electrons. The Bertz CT molecular complexity index is 1030. The number of unbranched alkanes of at least 4 members (excludes halogenated alkanes) is 2. The van der Waals surface area contributed by atoms with Crippen LogP contribution in [0, 0.1) is 18.3 Å². The number of aryl methyl sites for hydroxylation is 2. The van der Waals surface area contributed by atoms with Gasteiger partial charge in [0.2, 0.25) is 0 Å². The van der Waals surface area contributed by atoms with Crippen LogP contribution >= 0.6 is 0 Å². The van der Waals surface area contributed by atoms with Crippen molar-refractivity contribution in [3.05, 3.63) is 58.9 Å². The first-order valence-electron chi connectivity index (χ1n) is 9.77. The van der Waals surface area contributed by atoms with Gasteiger partial charge in [0.05, 0.1) is 22.8 Å². The maximum Gasteiger partial charge on any atom is 0.303 e. The van der Waals surface area contributed by atoms with Gasteiger partial charge in [0.1, 0.15) is 0 Å². The molecule has 0 saturated heterocycles. The van der Waals surface area contributed by atoms with Gasteiger partial charge in [-0.25, -0.2) is 4.52 Å². The van der Waals surface area contributed by atoms with E-state index in [2.05, 4.69) is 25.1 Å². The number of fused-ring (bicyclic) bond motifs is 1. The predicted octanol–water partition coefficient (Wildman–Crippen LogP) is 4.93. The summed E-state index contributed by atoms with van der Waals surface area (Å²) in [7, 11) is 0. The molecule has 2 aromatic heterocycles. The van der Waals surface area contributed by atoms with Crippen LogP contribution < -0.4 is 0 Å². The van der Waals surface area contributed by atoms with E-state index in [9.17, 15) is 4.79 Å². The third-order valence-corrected chi connectivity index (χ3v) is 5.16. The minimum absolute atomic E-state index is 0.220. The number of benzene rings is 1. The van der Waals surface area contributed by atoms with E-state index in [0.717, 1.165) is 48.0 Å². The highest BCUT2D eigenvalue weighted by molar-refractivity contribution is 5.84. The van der Waals surface area contributed by atoms with E-state index in [1.807, 2.05) is 35.7 Å². The fourth-order valence-corrected chi connectivity index (χ4v) is 3.69. The van der Waals surface area contributed by atoms with E-state index >= 15 is 0 Å². The monoisotopic (exact) mass is 375 g/mol. The van der Waals surface area contributed by atoms with Crippen LogP contribution in [0.1, 0.15) is 55.1 Å². The smallest absolute Gasteiger partial charge is 0.303 e. The molecule has 0 atom stereocenters. The number of aliphatic carboxylic acids is 1. The molecule has 3 rings (SSSR count). The van der Waals surface area contributed by atoms with Gasteiger partial charge in [-0.05, 0) is 68.0 Å². The summed E-state index contributed by atoms with van der Waals surface area (Å²) in [6, 6.07) is 14.1. The molecule has 3 aromatic rings. The van der Waals surface area contributed by atoms with E-state index in [-0.39, 0.29) is 6.42 Å². The van der Waals surface area contributed by atoms with E-state index in [1.165, 1.54) is 11.3 Å². The molecular formula is C23H25N3O2. The van der Waals surface area contributed by atoms with Gasteiger partial charge < -0.3 is 5.11 Å². The Morgan fingerprint density at radius 3 is 2.54 bits per heavy atom. The van der Waals surface area contributed by atoms with Crippen molar-refractivity contribution >= 4 is 11.5 Å². The number of rotatable bonds is 8. The van der Waals surface area contributed by atoms with E-state index < -0.39 is 5.97 Å². The molecule has 1 N–H and O–H groups in total. The molecule has 0 amide bonds. The summed E-state index contributed by atoms with van der Waals surface area (Å²) in [6.07, 6.45) is 4.49. The third kappa shape index (κ3) is 4.07. The Kier molecular flexibility index (Phi) is 6.10. The number of hydrogen-bond acceptors (Lipinski definition) is 3. The summed E-state index contributed by atoms with van der Waals surface area (Å²) >= 11 is 0. The number of carboxylic acids is 1. The molecule has 28 heavy (non-hydrogen) atoms. The first kappa shape index (κ1) is 19.6. The first-order chi connectivity index (χ1) is 13.5. The van der Waals surface area contributed by atoms with Gasteiger partial charge >= 0.3 is 5.97 Å². The fourth-order valence-electron chi connectivity index (χ4n) is 3.69. The predicted molar refractivity (Wildman–Crippen MR) is 109 cm³/mol. The minimum atomic E-state index is -0.738. The average Bonchev–Trinajstić information content (AvgIpc) is 3.10. The topological polar surface area (TPSA) is 78.4 Å². The Hall–Kier alpha value is -3.13. The second kappa shape index (κ2) is 8.71. The van der Waals surface area contributed by atoms with Crippen LogP contribution in [0.2, 0.25) is 0 Å². The van der Waals surface area contributed by atoms with Gasteiger partial charge in [-0.2, -0.15) is 10.4 Å². The van der Waals surface area contributed by atoms with Crippen LogP contribution in [0.5, 0.6) is 0 Å². The second-order valence-corrected chi connectivity index (χ2v) is 7.06. The number of nitriles is 1. The summed E-state index contributed by atoms with van der Waals surface area (Å²) in [4.78, 5) is 10.7. The molecule has 0 aliphatic heterocycles. The summed E-state index contributed by atoms with van der Waals surface area (Å²) < 4.78 is 2.02. The van der Waals surface area contributed by atoms with Crippen molar-refractivity contribution in [3.63, 3.8) is 0 Å². The van der Waals surface area contributed by atoms with Crippen molar-refractivity contribution in [3.8, 4) is 17.2 Å². The lowest BCUT2D eigenvalue weighted by molar-refractivity contribution is -0.137. The van der Waals surface area contributed by atoms with Gasteiger partial charge in [0.15, 0.2) is 0 Å². The molecule has 0 aliphatic carbocycles. The Morgan fingerprint density at radius 2 is 1.89 bits per heavy atom. The van der Waals surface area contributed by atoms with Gasteiger partial charge in [-0.3, -0.25) is 4.79 Å². The van der Waals surface area contributed by atoms with Crippen LogP contribution in [0.15, 0.2) is 36.4 Å². The van der Waals surface area contributed by atoms with Gasteiger partial charge in [0.25, 0.3) is 0 Å². The lowest BCUT2D eigenvalue weighted by Gasteiger charge is -2.16. The van der Waals surface area contributed by atoms with E-state index in [0.29, 0.717) is 12.0 Å². The molecule has 5 heteroatoms. The number of carbonyl (C=O) groups is 1. The Labute approximate surface area is 165 Å². The highest BCUT2D eigenvalue weighted by Gasteiger charge is 2.16. The molecular weight excluding hydrogens is 350 g/mol. The minimum Gasteiger partial charge on any atom is -0.481 e. The van der Waals surface area contributed by atoms with E-state index in [4.69, 9.17) is 15.5 Å². The SMILES string of the molecule is CCc1ccc2c(-c3ccc(C#N)cc3)c(CCCCCC(=O)O)c(C)nn12. The summed E-state index contributed by atoms with van der Waals surface area (Å²) in [6.45, 7) is 4.16. The Balaban J connectivity index is 2.02. The second-order valence-electron chi connectivity index (χ2n) is 7.06. The van der Waals surface area contributed by atoms with Crippen molar-refractivity contribution in [2.75, 3.05) is 0 Å². The molecule has 0 bridgehead atoms. The van der Waals surface area contributed by atoms with Crippen molar-refractivity contribution in [1.82, 2.24) is 9.61 Å². The van der Waals surface area contributed by atoms with Crippen LogP contribution in [0.3, 0.4) is 0 Å². The van der Waals surface area contributed by atoms with Crippen LogP contribution in [-0.2, 0) is 17.6 Å². The fraction of sp³-hybridized carbons (Fsp3) is 0.348. The number of carboxylic acid groups (broad SMARTS) is 1. The molecule has 0 spiro atoms. The standard InChI is InChI=1S/C23H25N3O2/c1-3-19-13-14-21-23(18-11-9-17(15-24)10-12-18)20(16(2)25-26(19)21)7-5-4-6-8-22(27)28/h9-14H,3-8H2,1-2H3,(H,27,28). The first-order valence-corrected chi connectivity index (χ1v) is 9.77. The third-order valence-electron chi connectivity index (χ3n) is 5.16. The molecule has 0 aliphatic rings. The normalized spacial score (nSPS) is 10.9. The zero-order valence-electron chi connectivity index (χ0n) is 16.4. The van der Waals surface area contributed by atoms with Gasteiger partial charge in [-0.15, -0.1) is 0 Å². The average molecular weight is 375 g/mol. The van der Waals surface area contributed by atoms with Crippen LogP contribution in [0.4, 0.5) is 0 Å². The van der Waals surface area contributed by atoms with Crippen molar-refractivity contribution < 1.29 is 9.90 Å². The van der Waals surface area contributed by atoms with Crippen LogP contribution in [0.25, 0.3) is 16.6 Å². The van der Waals surface area contributed by atoms with E-state index in [1.54, 1.807) is 0 Å². The van der Waals surface area contributed by atoms with Crippen LogP contribution in [-0.4, -0.2) is 20.7 Å². The molecule has 1 aromatic carbocycles. The summed E-state index contributed by atoms with van der Waals surface area (Å²) in [5, 5.41) is 22.7. The molecule has 0 radical (unpaired) electrons.